The van der Waals surface area contributed by atoms with Crippen molar-refractivity contribution in [2.24, 2.45) is 13.0 Å². The fourth-order valence-electron chi connectivity index (χ4n) is 3.71. The van der Waals surface area contributed by atoms with Crippen LogP contribution in [-0.4, -0.2) is 59.6 Å². The number of aryl methyl sites for hydroxylation is 2. The van der Waals surface area contributed by atoms with Gasteiger partial charge in [-0.3, -0.25) is 10.00 Å². The molecule has 0 spiro atoms. The smallest absolute Gasteiger partial charge is 0.320 e. The number of nitrogens with zero attached hydrogens (tertiary/aromatic N) is 3. The molecule has 1 aromatic rings. The average Bonchev–Trinajstić information content (AvgIpc) is 3.20. The van der Waals surface area contributed by atoms with Gasteiger partial charge in [0.15, 0.2) is 0 Å². The first kappa shape index (κ1) is 18.2. The number of likely N-dealkylation sites (tertiary alicyclic amines) is 1. The molecule has 2 N–H and O–H groups in total. The highest BCUT2D eigenvalue weighted by Crippen LogP contribution is 2.18. The third-order valence-corrected chi connectivity index (χ3v) is 5.14. The van der Waals surface area contributed by atoms with Gasteiger partial charge in [-0.1, -0.05) is 13.3 Å². The minimum Gasteiger partial charge on any atom is -0.381 e. The maximum Gasteiger partial charge on any atom is 0.320 e. The Kier molecular flexibility index (Phi) is 6.31. The zero-order chi connectivity index (χ0) is 17.6. The van der Waals surface area contributed by atoms with E-state index in [2.05, 4.69) is 27.6 Å². The van der Waals surface area contributed by atoms with Crippen LogP contribution in [0.5, 0.6) is 0 Å². The largest absolute Gasteiger partial charge is 0.381 e. The Hall–Kier alpha value is -1.60. The SMILES string of the molecule is CCCc1cc(NC(=O)NC2CCN(CC3CCOC3)CC2)n(C)n1. The molecule has 2 fully saturated rings. The number of ether oxygens (including phenoxy) is 1. The van der Waals surface area contributed by atoms with Gasteiger partial charge < -0.3 is 15.0 Å². The first-order valence-electron chi connectivity index (χ1n) is 9.54. The Morgan fingerprint density at radius 1 is 1.36 bits per heavy atom. The van der Waals surface area contributed by atoms with Crippen molar-refractivity contribution >= 4 is 11.8 Å². The standard InChI is InChI=1S/C18H31N5O2/c1-3-4-16-11-17(22(2)21-16)20-18(24)19-15-5-8-23(9-6-15)12-14-7-10-25-13-14/h11,14-15H,3-10,12-13H2,1-2H3,(H2,19,20,24). The molecule has 2 saturated heterocycles. The number of nitrogens with one attached hydrogen (secondary N) is 2. The van der Waals surface area contributed by atoms with E-state index in [1.54, 1.807) is 4.68 Å². The predicted molar refractivity (Wildman–Crippen MR) is 97.7 cm³/mol. The van der Waals surface area contributed by atoms with E-state index in [9.17, 15) is 4.79 Å². The van der Waals surface area contributed by atoms with Gasteiger partial charge in [0.1, 0.15) is 5.82 Å². The second-order valence-corrected chi connectivity index (χ2v) is 7.30. The van der Waals surface area contributed by atoms with Crippen LogP contribution in [0.1, 0.15) is 38.3 Å². The molecular weight excluding hydrogens is 318 g/mol. The zero-order valence-electron chi connectivity index (χ0n) is 15.5. The van der Waals surface area contributed by atoms with Crippen molar-refractivity contribution in [3.8, 4) is 0 Å². The number of hydrogen-bond donors (Lipinski definition) is 2. The molecule has 0 aliphatic carbocycles. The Labute approximate surface area is 150 Å². The molecule has 0 bridgehead atoms. The second-order valence-electron chi connectivity index (χ2n) is 7.30. The number of urea groups is 1. The number of aromatic nitrogens is 2. The van der Waals surface area contributed by atoms with E-state index >= 15 is 0 Å². The van der Waals surface area contributed by atoms with Crippen LogP contribution >= 0.6 is 0 Å². The molecule has 7 heteroatoms. The Balaban J connectivity index is 1.40. The van der Waals surface area contributed by atoms with Crippen LogP contribution in [0.15, 0.2) is 6.07 Å². The van der Waals surface area contributed by atoms with Crippen molar-refractivity contribution in [2.75, 3.05) is 38.2 Å². The molecule has 1 unspecified atom stereocenters. The molecule has 140 valence electrons. The lowest BCUT2D eigenvalue weighted by Crippen LogP contribution is -2.47. The van der Waals surface area contributed by atoms with E-state index in [-0.39, 0.29) is 12.1 Å². The molecule has 2 aliphatic rings. The Bertz CT molecular complexity index is 560. The Morgan fingerprint density at radius 2 is 2.16 bits per heavy atom. The van der Waals surface area contributed by atoms with E-state index in [1.807, 2.05) is 13.1 Å². The quantitative estimate of drug-likeness (QED) is 0.824. The van der Waals surface area contributed by atoms with Gasteiger partial charge >= 0.3 is 6.03 Å². The molecule has 1 aromatic heterocycles. The second kappa shape index (κ2) is 8.67. The van der Waals surface area contributed by atoms with Gasteiger partial charge in [-0.05, 0) is 31.6 Å². The van der Waals surface area contributed by atoms with Crippen LogP contribution in [0, 0.1) is 5.92 Å². The summed E-state index contributed by atoms with van der Waals surface area (Å²) in [4.78, 5) is 14.8. The summed E-state index contributed by atoms with van der Waals surface area (Å²) in [6.07, 6.45) is 5.18. The molecule has 3 heterocycles. The lowest BCUT2D eigenvalue weighted by atomic mass is 10.0. The van der Waals surface area contributed by atoms with Gasteiger partial charge in [-0.15, -0.1) is 0 Å². The highest BCUT2D eigenvalue weighted by molar-refractivity contribution is 5.88. The van der Waals surface area contributed by atoms with Crippen molar-refractivity contribution in [3.05, 3.63) is 11.8 Å². The first-order chi connectivity index (χ1) is 12.1. The number of rotatable bonds is 6. The van der Waals surface area contributed by atoms with Crippen molar-refractivity contribution in [3.63, 3.8) is 0 Å². The summed E-state index contributed by atoms with van der Waals surface area (Å²) in [5, 5.41) is 10.5. The third kappa shape index (κ3) is 5.19. The highest BCUT2D eigenvalue weighted by Gasteiger charge is 2.24. The lowest BCUT2D eigenvalue weighted by Gasteiger charge is -2.33. The van der Waals surface area contributed by atoms with E-state index in [4.69, 9.17) is 4.74 Å². The van der Waals surface area contributed by atoms with Gasteiger partial charge in [-0.2, -0.15) is 5.10 Å². The maximum absolute atomic E-state index is 12.3. The van der Waals surface area contributed by atoms with Gasteiger partial charge in [0, 0.05) is 45.4 Å². The highest BCUT2D eigenvalue weighted by atomic mass is 16.5. The molecule has 2 amide bonds. The topological polar surface area (TPSA) is 71.4 Å². The van der Waals surface area contributed by atoms with Crippen LogP contribution in [-0.2, 0) is 18.2 Å². The molecule has 2 aliphatic heterocycles. The summed E-state index contributed by atoms with van der Waals surface area (Å²) in [5.74, 6) is 1.44. The first-order valence-corrected chi connectivity index (χ1v) is 9.54. The van der Waals surface area contributed by atoms with E-state index in [1.165, 1.54) is 6.42 Å². The van der Waals surface area contributed by atoms with Gasteiger partial charge in [0.2, 0.25) is 0 Å². The van der Waals surface area contributed by atoms with Crippen molar-refractivity contribution < 1.29 is 9.53 Å². The normalized spacial score (nSPS) is 22.2. The van der Waals surface area contributed by atoms with Gasteiger partial charge in [0.25, 0.3) is 0 Å². The number of anilines is 1. The predicted octanol–water partition coefficient (Wildman–Crippen LogP) is 1.99. The molecule has 0 radical (unpaired) electrons. The summed E-state index contributed by atoms with van der Waals surface area (Å²) in [7, 11) is 1.86. The minimum atomic E-state index is -0.131. The molecule has 0 aromatic carbocycles. The number of carbonyl (C=O) groups excluding carboxylic acids is 1. The van der Waals surface area contributed by atoms with Crippen molar-refractivity contribution in [2.45, 2.75) is 45.1 Å². The fraction of sp³-hybridized carbons (Fsp3) is 0.778. The molecule has 25 heavy (non-hydrogen) atoms. The summed E-state index contributed by atoms with van der Waals surface area (Å²) < 4.78 is 7.19. The summed E-state index contributed by atoms with van der Waals surface area (Å²) in [6.45, 7) is 7.18. The minimum absolute atomic E-state index is 0.131. The monoisotopic (exact) mass is 349 g/mol. The van der Waals surface area contributed by atoms with Crippen LogP contribution in [0.2, 0.25) is 0 Å². The van der Waals surface area contributed by atoms with Crippen molar-refractivity contribution in [1.29, 1.82) is 0 Å². The molecular formula is C18H31N5O2. The number of hydrogen-bond acceptors (Lipinski definition) is 4. The maximum atomic E-state index is 12.3. The molecule has 7 nitrogen and oxygen atoms in total. The number of piperidine rings is 1. The Morgan fingerprint density at radius 3 is 2.84 bits per heavy atom. The zero-order valence-corrected chi connectivity index (χ0v) is 15.5. The number of amides is 2. The lowest BCUT2D eigenvalue weighted by molar-refractivity contribution is 0.148. The van der Waals surface area contributed by atoms with E-state index in [0.29, 0.717) is 5.92 Å². The molecule has 3 rings (SSSR count). The average molecular weight is 349 g/mol. The molecule has 1 atom stereocenters. The van der Waals surface area contributed by atoms with Crippen molar-refractivity contribution in [1.82, 2.24) is 20.0 Å². The third-order valence-electron chi connectivity index (χ3n) is 5.14. The molecule has 0 saturated carbocycles. The number of carbonyl (C=O) groups is 1. The fourth-order valence-corrected chi connectivity index (χ4v) is 3.71. The van der Waals surface area contributed by atoms with Gasteiger partial charge in [-0.25, -0.2) is 4.79 Å². The van der Waals surface area contributed by atoms with Gasteiger partial charge in [0.05, 0.1) is 12.3 Å². The van der Waals surface area contributed by atoms with Crippen LogP contribution in [0.3, 0.4) is 0 Å². The van der Waals surface area contributed by atoms with Crippen LogP contribution in [0.25, 0.3) is 0 Å². The summed E-state index contributed by atoms with van der Waals surface area (Å²) >= 11 is 0. The van der Waals surface area contributed by atoms with E-state index in [0.717, 1.165) is 70.0 Å². The van der Waals surface area contributed by atoms with Crippen LogP contribution < -0.4 is 10.6 Å². The van der Waals surface area contributed by atoms with Crippen LogP contribution in [0.4, 0.5) is 10.6 Å². The summed E-state index contributed by atoms with van der Waals surface area (Å²) in [5.41, 5.74) is 1.02. The van der Waals surface area contributed by atoms with E-state index < -0.39 is 0 Å². The summed E-state index contributed by atoms with van der Waals surface area (Å²) in [6, 6.07) is 2.07.